The molecule has 8 heteroatoms. The Morgan fingerprint density at radius 2 is 1.78 bits per heavy atom. The second-order valence-electron chi connectivity index (χ2n) is 5.55. The van der Waals surface area contributed by atoms with Crippen molar-refractivity contribution < 1.29 is 17.9 Å². The highest BCUT2D eigenvalue weighted by atomic mass is 35.5. The van der Waals surface area contributed by atoms with Crippen molar-refractivity contribution in [3.05, 3.63) is 18.2 Å². The van der Waals surface area contributed by atoms with Crippen LogP contribution in [0.5, 0.6) is 11.5 Å². The normalized spacial score (nSPS) is 14.7. The molecule has 0 fully saturated rings. The lowest BCUT2D eigenvalue weighted by molar-refractivity contribution is 0.297. The summed E-state index contributed by atoms with van der Waals surface area (Å²) in [5, 5.41) is 0. The first-order chi connectivity index (χ1) is 10.4. The summed E-state index contributed by atoms with van der Waals surface area (Å²) in [6.45, 7) is 5.19. The van der Waals surface area contributed by atoms with Crippen LogP contribution in [0.25, 0.3) is 0 Å². The average Bonchev–Trinajstić information content (AvgIpc) is 2.77. The fourth-order valence-electron chi connectivity index (χ4n) is 2.13. The monoisotopic (exact) mass is 364 g/mol. The van der Waals surface area contributed by atoms with Crippen LogP contribution in [0, 0.1) is 0 Å². The van der Waals surface area contributed by atoms with Gasteiger partial charge in [0.25, 0.3) is 0 Å². The zero-order chi connectivity index (χ0) is 16.2. The van der Waals surface area contributed by atoms with Gasteiger partial charge in [-0.1, -0.05) is 13.8 Å². The summed E-state index contributed by atoms with van der Waals surface area (Å²) in [6.07, 6.45) is 2.18. The van der Waals surface area contributed by atoms with Crippen LogP contribution in [0.1, 0.15) is 33.1 Å². The Kier molecular flexibility index (Phi) is 7.13. The lowest BCUT2D eigenvalue weighted by Gasteiger charge is -2.26. The van der Waals surface area contributed by atoms with E-state index in [1.54, 1.807) is 6.07 Å². The summed E-state index contributed by atoms with van der Waals surface area (Å²) in [5.41, 5.74) is 5.61. The van der Waals surface area contributed by atoms with Crippen molar-refractivity contribution >= 4 is 22.4 Å². The molecule has 0 saturated carbocycles. The van der Waals surface area contributed by atoms with Crippen LogP contribution >= 0.6 is 12.4 Å². The van der Waals surface area contributed by atoms with Crippen LogP contribution < -0.4 is 19.9 Å². The number of fused-ring (bicyclic) bond motifs is 1. The van der Waals surface area contributed by atoms with Gasteiger partial charge in [0.2, 0.25) is 10.0 Å². The van der Waals surface area contributed by atoms with Crippen molar-refractivity contribution in [3.63, 3.8) is 0 Å². The van der Waals surface area contributed by atoms with Crippen molar-refractivity contribution in [2.45, 2.75) is 43.5 Å². The van der Waals surface area contributed by atoms with Crippen LogP contribution in [0.3, 0.4) is 0 Å². The molecule has 0 atom stereocenters. The van der Waals surface area contributed by atoms with Crippen LogP contribution in [-0.4, -0.2) is 33.7 Å². The molecule has 132 valence electrons. The predicted octanol–water partition coefficient (Wildman–Crippen LogP) is 2.07. The van der Waals surface area contributed by atoms with Gasteiger partial charge in [-0.25, -0.2) is 13.1 Å². The largest absolute Gasteiger partial charge is 0.490 e. The summed E-state index contributed by atoms with van der Waals surface area (Å²) in [6, 6.07) is 4.65. The van der Waals surface area contributed by atoms with Crippen LogP contribution in [0.15, 0.2) is 23.1 Å². The molecular weight excluding hydrogens is 340 g/mol. The molecule has 1 aromatic carbocycles. The number of hydrogen-bond donors (Lipinski definition) is 2. The molecule has 6 nitrogen and oxygen atoms in total. The molecule has 0 radical (unpaired) electrons. The maximum absolute atomic E-state index is 12.4. The summed E-state index contributed by atoms with van der Waals surface area (Å²) in [5.74, 6) is 1.04. The minimum absolute atomic E-state index is 0. The standard InChI is InChI=1S/C15H24N2O4S.ClH/c1-3-15(16,4-2)11-17-22(18,19)12-6-7-13-14(10-12)21-9-5-8-20-13;/h6-7,10,17H,3-5,8-9,11,16H2,1-2H3;1H. The molecule has 0 bridgehead atoms. The van der Waals surface area contributed by atoms with Gasteiger partial charge in [0.05, 0.1) is 18.1 Å². The summed E-state index contributed by atoms with van der Waals surface area (Å²) < 4.78 is 38.5. The van der Waals surface area contributed by atoms with E-state index in [-0.39, 0.29) is 23.8 Å². The summed E-state index contributed by atoms with van der Waals surface area (Å²) in [7, 11) is -3.62. The fourth-order valence-corrected chi connectivity index (χ4v) is 3.29. The van der Waals surface area contributed by atoms with E-state index in [9.17, 15) is 8.42 Å². The van der Waals surface area contributed by atoms with Gasteiger partial charge >= 0.3 is 0 Å². The van der Waals surface area contributed by atoms with Gasteiger partial charge in [-0.15, -0.1) is 12.4 Å². The molecule has 0 spiro atoms. The SMILES string of the molecule is CCC(N)(CC)CNS(=O)(=O)c1ccc2c(c1)OCCCO2.Cl. The van der Waals surface area contributed by atoms with Crippen molar-refractivity contribution in [2.24, 2.45) is 5.73 Å². The van der Waals surface area contributed by atoms with Crippen LogP contribution in [0.4, 0.5) is 0 Å². The summed E-state index contributed by atoms with van der Waals surface area (Å²) in [4.78, 5) is 0.159. The smallest absolute Gasteiger partial charge is 0.240 e. The topological polar surface area (TPSA) is 90.7 Å². The van der Waals surface area contributed by atoms with Gasteiger partial charge < -0.3 is 15.2 Å². The molecule has 0 saturated heterocycles. The van der Waals surface area contributed by atoms with E-state index in [1.807, 2.05) is 13.8 Å². The third-order valence-corrected chi connectivity index (χ3v) is 5.45. The van der Waals surface area contributed by atoms with Gasteiger partial charge in [-0.2, -0.15) is 0 Å². The number of benzene rings is 1. The van der Waals surface area contributed by atoms with Crippen LogP contribution in [-0.2, 0) is 10.0 Å². The van der Waals surface area contributed by atoms with Gasteiger partial charge in [0.15, 0.2) is 11.5 Å². The number of halogens is 1. The zero-order valence-electron chi connectivity index (χ0n) is 13.5. The third-order valence-electron chi connectivity index (χ3n) is 4.05. The van der Waals surface area contributed by atoms with Crippen molar-refractivity contribution in [1.29, 1.82) is 0 Å². The molecule has 1 aromatic rings. The third kappa shape index (κ3) is 4.97. The number of sulfonamides is 1. The molecule has 1 aliphatic heterocycles. The molecule has 0 amide bonds. The van der Waals surface area contributed by atoms with E-state index in [2.05, 4.69) is 4.72 Å². The first kappa shape index (κ1) is 20.0. The predicted molar refractivity (Wildman–Crippen MR) is 92.0 cm³/mol. The average molecular weight is 365 g/mol. The fraction of sp³-hybridized carbons (Fsp3) is 0.600. The first-order valence-corrected chi connectivity index (χ1v) is 9.07. The van der Waals surface area contributed by atoms with Crippen molar-refractivity contribution in [1.82, 2.24) is 4.72 Å². The molecule has 3 N–H and O–H groups in total. The molecular formula is C15H25ClN2O4S. The minimum Gasteiger partial charge on any atom is -0.490 e. The highest BCUT2D eigenvalue weighted by molar-refractivity contribution is 7.89. The number of nitrogens with one attached hydrogen (secondary N) is 1. The Labute approximate surface area is 144 Å². The minimum atomic E-state index is -3.62. The first-order valence-electron chi connectivity index (χ1n) is 7.58. The Balaban J connectivity index is 0.00000264. The number of hydrogen-bond acceptors (Lipinski definition) is 5. The van der Waals surface area contributed by atoms with Gasteiger partial charge in [0, 0.05) is 24.6 Å². The Morgan fingerprint density at radius 1 is 1.17 bits per heavy atom. The number of rotatable bonds is 6. The van der Waals surface area contributed by atoms with Crippen LogP contribution in [0.2, 0.25) is 0 Å². The molecule has 23 heavy (non-hydrogen) atoms. The molecule has 2 rings (SSSR count). The van der Waals surface area contributed by atoms with E-state index in [4.69, 9.17) is 15.2 Å². The number of nitrogens with two attached hydrogens (primary N) is 1. The van der Waals surface area contributed by atoms with Gasteiger partial charge in [-0.05, 0) is 25.0 Å². The highest BCUT2D eigenvalue weighted by Crippen LogP contribution is 2.31. The Bertz CT molecular complexity index is 618. The maximum atomic E-state index is 12.4. The Hall–Kier alpha value is -1.02. The molecule has 0 aliphatic carbocycles. The Morgan fingerprint density at radius 3 is 2.39 bits per heavy atom. The van der Waals surface area contributed by atoms with Gasteiger partial charge in [-0.3, -0.25) is 0 Å². The van der Waals surface area contributed by atoms with Gasteiger partial charge in [0.1, 0.15) is 0 Å². The highest BCUT2D eigenvalue weighted by Gasteiger charge is 2.25. The zero-order valence-corrected chi connectivity index (χ0v) is 15.1. The van der Waals surface area contributed by atoms with E-state index in [1.165, 1.54) is 12.1 Å². The van der Waals surface area contributed by atoms with E-state index < -0.39 is 15.6 Å². The lowest BCUT2D eigenvalue weighted by Crippen LogP contribution is -2.49. The molecule has 0 unspecified atom stereocenters. The second kappa shape index (κ2) is 8.19. The number of ether oxygens (including phenoxy) is 2. The lowest BCUT2D eigenvalue weighted by atomic mass is 9.95. The molecule has 1 heterocycles. The van der Waals surface area contributed by atoms with Crippen molar-refractivity contribution in [2.75, 3.05) is 19.8 Å². The van der Waals surface area contributed by atoms with E-state index in [0.717, 1.165) is 6.42 Å². The molecule has 1 aliphatic rings. The summed E-state index contributed by atoms with van der Waals surface area (Å²) >= 11 is 0. The molecule has 0 aromatic heterocycles. The quantitative estimate of drug-likeness (QED) is 0.806. The van der Waals surface area contributed by atoms with Crippen molar-refractivity contribution in [3.8, 4) is 11.5 Å². The van der Waals surface area contributed by atoms with E-state index >= 15 is 0 Å². The maximum Gasteiger partial charge on any atom is 0.240 e. The van der Waals surface area contributed by atoms with E-state index in [0.29, 0.717) is 37.6 Å². The second-order valence-corrected chi connectivity index (χ2v) is 7.32.